The summed E-state index contributed by atoms with van der Waals surface area (Å²) in [5.74, 6) is -0.785. The van der Waals surface area contributed by atoms with E-state index >= 15 is 0 Å². The molecule has 7 nitrogen and oxygen atoms in total. The number of rotatable bonds is 3. The Kier molecular flexibility index (Phi) is 4.26. The maximum atomic E-state index is 13.0. The summed E-state index contributed by atoms with van der Waals surface area (Å²) >= 11 is 1.59. The minimum absolute atomic E-state index is 0.196. The van der Waals surface area contributed by atoms with E-state index in [2.05, 4.69) is 10.2 Å². The van der Waals surface area contributed by atoms with E-state index in [1.54, 1.807) is 11.3 Å². The minimum Gasteiger partial charge on any atom is -0.467 e. The molecule has 0 saturated carbocycles. The van der Waals surface area contributed by atoms with E-state index in [-0.39, 0.29) is 11.6 Å². The number of carbonyl (C=O) groups excluding carboxylic acids is 2. The third kappa shape index (κ3) is 2.78. The van der Waals surface area contributed by atoms with E-state index in [9.17, 15) is 9.59 Å². The van der Waals surface area contributed by atoms with Gasteiger partial charge in [0.2, 0.25) is 0 Å². The first-order chi connectivity index (χ1) is 12.7. The third-order valence-electron chi connectivity index (χ3n) is 4.35. The van der Waals surface area contributed by atoms with Crippen LogP contribution in [-0.2, 0) is 16.0 Å². The van der Waals surface area contributed by atoms with Crippen LogP contribution in [0.3, 0.4) is 0 Å². The molecular weight excluding hydrogens is 352 g/mol. The predicted octanol–water partition coefficient (Wildman–Crippen LogP) is 2.24. The molecule has 0 bridgehead atoms. The summed E-state index contributed by atoms with van der Waals surface area (Å²) in [5, 5.41) is 10.4. The van der Waals surface area contributed by atoms with E-state index in [4.69, 9.17) is 4.74 Å². The second-order valence-electron chi connectivity index (χ2n) is 5.83. The zero-order valence-electron chi connectivity index (χ0n) is 14.0. The highest BCUT2D eigenvalue weighted by Gasteiger charge is 2.38. The fraction of sp³-hybridized carbons (Fsp3) is 0.222. The molecule has 3 heterocycles. The highest BCUT2D eigenvalue weighted by atomic mass is 32.1. The number of esters is 1. The maximum absolute atomic E-state index is 13.0. The number of hydrogen-bond acceptors (Lipinski definition) is 6. The molecule has 1 aliphatic rings. The molecule has 4 rings (SSSR count). The SMILES string of the molecule is COC(=O)C1c2ccsc2CCN1C(=O)c1cnn(-c2ccccc2)n1. The van der Waals surface area contributed by atoms with Gasteiger partial charge in [-0.2, -0.15) is 9.90 Å². The van der Waals surface area contributed by atoms with Crippen LogP contribution < -0.4 is 0 Å². The van der Waals surface area contributed by atoms with Crippen molar-refractivity contribution in [2.75, 3.05) is 13.7 Å². The Morgan fingerprint density at radius 3 is 2.81 bits per heavy atom. The Bertz CT molecular complexity index is 950. The molecule has 1 unspecified atom stereocenters. The molecule has 1 aliphatic heterocycles. The lowest BCUT2D eigenvalue weighted by molar-refractivity contribution is -0.146. The summed E-state index contributed by atoms with van der Waals surface area (Å²) in [6.45, 7) is 0.435. The largest absolute Gasteiger partial charge is 0.467 e. The van der Waals surface area contributed by atoms with Crippen LogP contribution in [-0.4, -0.2) is 45.4 Å². The number of hydrogen-bond donors (Lipinski definition) is 0. The van der Waals surface area contributed by atoms with E-state index in [1.807, 2.05) is 41.8 Å². The Morgan fingerprint density at radius 2 is 2.04 bits per heavy atom. The van der Waals surface area contributed by atoms with Crippen molar-refractivity contribution < 1.29 is 14.3 Å². The molecule has 0 radical (unpaired) electrons. The van der Waals surface area contributed by atoms with Gasteiger partial charge in [0.05, 0.1) is 19.0 Å². The van der Waals surface area contributed by atoms with Crippen LogP contribution in [0, 0.1) is 0 Å². The number of para-hydroxylation sites is 1. The highest BCUT2D eigenvalue weighted by molar-refractivity contribution is 7.10. The van der Waals surface area contributed by atoms with Gasteiger partial charge >= 0.3 is 5.97 Å². The lowest BCUT2D eigenvalue weighted by atomic mass is 9.99. The smallest absolute Gasteiger partial charge is 0.333 e. The first kappa shape index (κ1) is 16.5. The average Bonchev–Trinajstić information content (AvgIpc) is 3.36. The van der Waals surface area contributed by atoms with Gasteiger partial charge in [0, 0.05) is 11.4 Å². The van der Waals surface area contributed by atoms with Gasteiger partial charge in [-0.15, -0.1) is 16.4 Å². The molecule has 0 aliphatic carbocycles. The van der Waals surface area contributed by atoms with Crippen molar-refractivity contribution in [1.29, 1.82) is 0 Å². The van der Waals surface area contributed by atoms with Crippen LogP contribution in [0.4, 0.5) is 0 Å². The van der Waals surface area contributed by atoms with Crippen molar-refractivity contribution in [3.05, 3.63) is 64.1 Å². The van der Waals surface area contributed by atoms with E-state index in [1.165, 1.54) is 23.0 Å². The van der Waals surface area contributed by atoms with Crippen LogP contribution >= 0.6 is 11.3 Å². The first-order valence-electron chi connectivity index (χ1n) is 8.12. The summed E-state index contributed by atoms with van der Waals surface area (Å²) in [6.07, 6.45) is 2.13. The maximum Gasteiger partial charge on any atom is 0.333 e. The Hall–Kier alpha value is -3.00. The number of benzene rings is 1. The number of aromatic nitrogens is 3. The highest BCUT2D eigenvalue weighted by Crippen LogP contribution is 2.34. The number of nitrogens with zero attached hydrogens (tertiary/aromatic N) is 4. The normalized spacial score (nSPS) is 16.2. The summed E-state index contributed by atoms with van der Waals surface area (Å²) in [7, 11) is 1.33. The number of amides is 1. The molecule has 2 aromatic heterocycles. The lowest BCUT2D eigenvalue weighted by Crippen LogP contribution is -2.43. The molecule has 26 heavy (non-hydrogen) atoms. The summed E-state index contributed by atoms with van der Waals surface area (Å²) in [4.78, 5) is 29.4. The molecule has 0 saturated heterocycles. The molecule has 0 fully saturated rings. The van der Waals surface area contributed by atoms with Crippen LogP contribution in [0.15, 0.2) is 48.0 Å². The van der Waals surface area contributed by atoms with Gasteiger partial charge in [-0.3, -0.25) is 4.79 Å². The van der Waals surface area contributed by atoms with Gasteiger partial charge in [-0.1, -0.05) is 18.2 Å². The zero-order valence-corrected chi connectivity index (χ0v) is 14.8. The molecule has 1 atom stereocenters. The molecule has 0 spiro atoms. The van der Waals surface area contributed by atoms with Crippen molar-refractivity contribution in [3.8, 4) is 5.69 Å². The van der Waals surface area contributed by atoms with Crippen LogP contribution in [0.1, 0.15) is 27.0 Å². The van der Waals surface area contributed by atoms with Gasteiger partial charge in [0.15, 0.2) is 11.7 Å². The molecular formula is C18H16N4O3S. The second-order valence-corrected chi connectivity index (χ2v) is 6.83. The van der Waals surface area contributed by atoms with E-state index < -0.39 is 12.0 Å². The molecule has 1 amide bonds. The molecule has 8 heteroatoms. The summed E-state index contributed by atoms with van der Waals surface area (Å²) in [6, 6.07) is 10.5. The molecule has 132 valence electrons. The molecule has 0 N–H and O–H groups in total. The third-order valence-corrected chi connectivity index (χ3v) is 5.35. The van der Waals surface area contributed by atoms with Crippen molar-refractivity contribution >= 4 is 23.2 Å². The number of thiophene rings is 1. The zero-order chi connectivity index (χ0) is 18.1. The van der Waals surface area contributed by atoms with Gasteiger partial charge in [0.25, 0.3) is 5.91 Å². The Balaban J connectivity index is 1.65. The molecule has 3 aromatic rings. The number of methoxy groups -OCH3 is 1. The second kappa shape index (κ2) is 6.72. The van der Waals surface area contributed by atoms with Crippen molar-refractivity contribution in [2.45, 2.75) is 12.5 Å². The quantitative estimate of drug-likeness (QED) is 0.663. The Labute approximate surface area is 153 Å². The fourth-order valence-electron chi connectivity index (χ4n) is 3.09. The number of carbonyl (C=O) groups is 2. The van der Waals surface area contributed by atoms with E-state index in [0.717, 1.165) is 16.1 Å². The van der Waals surface area contributed by atoms with Gasteiger partial charge < -0.3 is 9.64 Å². The van der Waals surface area contributed by atoms with Crippen LogP contribution in [0.5, 0.6) is 0 Å². The van der Waals surface area contributed by atoms with Crippen LogP contribution in [0.2, 0.25) is 0 Å². The fourth-order valence-corrected chi connectivity index (χ4v) is 4.00. The van der Waals surface area contributed by atoms with E-state index in [0.29, 0.717) is 13.0 Å². The summed E-state index contributed by atoms with van der Waals surface area (Å²) in [5.41, 5.74) is 1.79. The topological polar surface area (TPSA) is 77.3 Å². The number of ether oxygens (including phenoxy) is 1. The van der Waals surface area contributed by atoms with Crippen molar-refractivity contribution in [3.63, 3.8) is 0 Å². The first-order valence-corrected chi connectivity index (χ1v) is 9.00. The van der Waals surface area contributed by atoms with Gasteiger partial charge in [-0.05, 0) is 35.6 Å². The average molecular weight is 368 g/mol. The van der Waals surface area contributed by atoms with Gasteiger partial charge in [0.1, 0.15) is 0 Å². The minimum atomic E-state index is -0.746. The number of fused-ring (bicyclic) bond motifs is 1. The lowest BCUT2D eigenvalue weighted by Gasteiger charge is -2.33. The monoisotopic (exact) mass is 368 g/mol. The molecule has 1 aromatic carbocycles. The van der Waals surface area contributed by atoms with Gasteiger partial charge in [-0.25, -0.2) is 4.79 Å². The Morgan fingerprint density at radius 1 is 1.23 bits per heavy atom. The van der Waals surface area contributed by atoms with Crippen LogP contribution in [0.25, 0.3) is 5.69 Å². The standard InChI is InChI=1S/C18H16N4O3S/c1-25-18(24)16-13-8-10-26-15(13)7-9-21(16)17(23)14-11-19-22(20-14)12-5-3-2-4-6-12/h2-6,8,10-11,16H,7,9H2,1H3. The predicted molar refractivity (Wildman–Crippen MR) is 95.2 cm³/mol. The van der Waals surface area contributed by atoms with Crippen molar-refractivity contribution in [1.82, 2.24) is 19.9 Å². The summed E-state index contributed by atoms with van der Waals surface area (Å²) < 4.78 is 4.94. The van der Waals surface area contributed by atoms with Crippen molar-refractivity contribution in [2.24, 2.45) is 0 Å².